The Morgan fingerprint density at radius 1 is 1.69 bits per heavy atom. The van der Waals surface area contributed by atoms with Crippen molar-refractivity contribution in [1.82, 2.24) is 9.97 Å². The number of aromatic nitrogens is 2. The van der Waals surface area contributed by atoms with Gasteiger partial charge in [0.15, 0.2) is 0 Å². The Balaban J connectivity index is 2.35. The fourth-order valence-electron chi connectivity index (χ4n) is 0.989. The van der Waals surface area contributed by atoms with Crippen molar-refractivity contribution in [3.8, 4) is 5.88 Å². The molecule has 0 aromatic carbocycles. The fourth-order valence-corrected chi connectivity index (χ4v) is 0.989. The minimum atomic E-state index is -0.658. The van der Waals surface area contributed by atoms with E-state index in [1.165, 1.54) is 12.5 Å². The minimum Gasteiger partial charge on any atom is -0.474 e. The van der Waals surface area contributed by atoms with Gasteiger partial charge in [-0.15, -0.1) is 0 Å². The third-order valence-corrected chi connectivity index (χ3v) is 1.67. The van der Waals surface area contributed by atoms with Crippen LogP contribution in [0.4, 0.5) is 5.69 Å². The lowest BCUT2D eigenvalue weighted by molar-refractivity contribution is -0.117. The van der Waals surface area contributed by atoms with Gasteiger partial charge in [-0.1, -0.05) is 0 Å². The van der Waals surface area contributed by atoms with Crippen LogP contribution < -0.4 is 15.8 Å². The minimum absolute atomic E-state index is 0.135. The molecule has 0 radical (unpaired) electrons. The van der Waals surface area contributed by atoms with Gasteiger partial charge in [0.25, 0.3) is 0 Å². The fraction of sp³-hybridized carbons (Fsp3) is 0.286. The average Bonchev–Trinajstić information content (AvgIpc) is 2.28. The Morgan fingerprint density at radius 2 is 2.54 bits per heavy atom. The first kappa shape index (κ1) is 7.93. The smallest absolute Gasteiger partial charge is 0.245 e. The first-order valence-electron chi connectivity index (χ1n) is 3.76. The number of nitrogens with zero attached hydrogens (tertiary/aromatic N) is 2. The van der Waals surface area contributed by atoms with E-state index in [9.17, 15) is 4.79 Å². The zero-order chi connectivity index (χ0) is 9.26. The highest BCUT2D eigenvalue weighted by atomic mass is 16.5. The van der Waals surface area contributed by atoms with Crippen LogP contribution in [-0.2, 0) is 4.79 Å². The molecule has 1 amide bonds. The first-order chi connectivity index (χ1) is 6.27. The number of nitrogens with two attached hydrogens (primary N) is 1. The van der Waals surface area contributed by atoms with E-state index in [0.717, 1.165) is 0 Å². The van der Waals surface area contributed by atoms with E-state index in [2.05, 4.69) is 15.3 Å². The molecule has 2 rings (SSSR count). The van der Waals surface area contributed by atoms with Crippen LogP contribution in [0.5, 0.6) is 5.88 Å². The molecule has 0 fully saturated rings. The summed E-state index contributed by atoms with van der Waals surface area (Å²) in [6, 6.07) is -0.658. The number of carbonyl (C=O) groups is 1. The van der Waals surface area contributed by atoms with Gasteiger partial charge >= 0.3 is 0 Å². The normalized spacial score (nSPS) is 21.0. The van der Waals surface area contributed by atoms with Crippen molar-refractivity contribution in [2.75, 3.05) is 11.9 Å². The van der Waals surface area contributed by atoms with Gasteiger partial charge in [-0.2, -0.15) is 4.98 Å². The number of fused-ring (bicyclic) bond motifs is 1. The van der Waals surface area contributed by atoms with Crippen molar-refractivity contribution < 1.29 is 9.53 Å². The van der Waals surface area contributed by atoms with Gasteiger partial charge < -0.3 is 15.8 Å². The molecule has 0 spiro atoms. The van der Waals surface area contributed by atoms with Gasteiger partial charge in [0.2, 0.25) is 11.8 Å². The van der Waals surface area contributed by atoms with Gasteiger partial charge in [0, 0.05) is 0 Å². The van der Waals surface area contributed by atoms with E-state index in [1.807, 2.05) is 0 Å². The lowest BCUT2D eigenvalue weighted by atomic mass is 10.3. The molecular weight excluding hydrogens is 172 g/mol. The largest absolute Gasteiger partial charge is 0.474 e. The number of hydrogen-bond acceptors (Lipinski definition) is 5. The lowest BCUT2D eigenvalue weighted by Crippen LogP contribution is -2.38. The molecule has 13 heavy (non-hydrogen) atoms. The lowest BCUT2D eigenvalue weighted by Gasteiger charge is -2.03. The molecule has 0 saturated carbocycles. The summed E-state index contributed by atoms with van der Waals surface area (Å²) in [6.45, 7) is 0.135. The van der Waals surface area contributed by atoms with Crippen molar-refractivity contribution in [3.63, 3.8) is 0 Å². The summed E-state index contributed by atoms with van der Waals surface area (Å²) in [5.74, 6) is 0.0739. The zero-order valence-corrected chi connectivity index (χ0v) is 6.73. The van der Waals surface area contributed by atoms with Crippen LogP contribution in [0.15, 0.2) is 12.5 Å². The maximum Gasteiger partial charge on any atom is 0.245 e. The molecule has 6 heteroatoms. The summed E-state index contributed by atoms with van der Waals surface area (Å²) in [4.78, 5) is 18.8. The van der Waals surface area contributed by atoms with E-state index in [-0.39, 0.29) is 12.5 Å². The number of nitrogens with one attached hydrogen (secondary N) is 1. The molecular formula is C7H8N4O2. The van der Waals surface area contributed by atoms with Crippen molar-refractivity contribution in [3.05, 3.63) is 12.5 Å². The Kier molecular flexibility index (Phi) is 1.82. The van der Waals surface area contributed by atoms with Gasteiger partial charge in [0.05, 0.1) is 6.20 Å². The van der Waals surface area contributed by atoms with Crippen LogP contribution >= 0.6 is 0 Å². The molecule has 2 heterocycles. The number of hydrogen-bond donors (Lipinski definition) is 2. The molecule has 1 aliphatic heterocycles. The SMILES string of the molecule is N[C@H]1COc2ncncc2NC1=O. The van der Waals surface area contributed by atoms with Crippen LogP contribution in [0.2, 0.25) is 0 Å². The molecule has 68 valence electrons. The second-order valence-corrected chi connectivity index (χ2v) is 2.65. The summed E-state index contributed by atoms with van der Waals surface area (Å²) < 4.78 is 5.17. The molecule has 3 N–H and O–H groups in total. The summed E-state index contributed by atoms with van der Waals surface area (Å²) in [5.41, 5.74) is 5.93. The van der Waals surface area contributed by atoms with Gasteiger partial charge in [0.1, 0.15) is 24.7 Å². The number of amides is 1. The molecule has 0 unspecified atom stereocenters. The monoisotopic (exact) mass is 180 g/mol. The highest BCUT2D eigenvalue weighted by Crippen LogP contribution is 2.21. The maximum absolute atomic E-state index is 11.2. The Labute approximate surface area is 74.1 Å². The maximum atomic E-state index is 11.2. The molecule has 0 bridgehead atoms. The van der Waals surface area contributed by atoms with Crippen molar-refractivity contribution in [2.24, 2.45) is 5.73 Å². The van der Waals surface area contributed by atoms with Gasteiger partial charge in [-0.05, 0) is 0 Å². The molecule has 1 aliphatic rings. The van der Waals surface area contributed by atoms with Crippen molar-refractivity contribution >= 4 is 11.6 Å². The molecule has 1 aromatic heterocycles. The van der Waals surface area contributed by atoms with E-state index >= 15 is 0 Å². The molecule has 0 saturated heterocycles. The predicted molar refractivity (Wildman–Crippen MR) is 44.1 cm³/mol. The van der Waals surface area contributed by atoms with Crippen LogP contribution in [0.25, 0.3) is 0 Å². The first-order valence-corrected chi connectivity index (χ1v) is 3.76. The topological polar surface area (TPSA) is 90.1 Å². The summed E-state index contributed by atoms with van der Waals surface area (Å²) in [5, 5.41) is 2.56. The average molecular weight is 180 g/mol. The molecule has 6 nitrogen and oxygen atoms in total. The number of carbonyl (C=O) groups excluding carboxylic acids is 1. The second-order valence-electron chi connectivity index (χ2n) is 2.65. The van der Waals surface area contributed by atoms with Crippen molar-refractivity contribution in [2.45, 2.75) is 6.04 Å². The van der Waals surface area contributed by atoms with E-state index in [1.54, 1.807) is 0 Å². The molecule has 1 aromatic rings. The van der Waals surface area contributed by atoms with Gasteiger partial charge in [-0.25, -0.2) is 4.98 Å². The van der Waals surface area contributed by atoms with Gasteiger partial charge in [-0.3, -0.25) is 4.79 Å². The van der Waals surface area contributed by atoms with Crippen molar-refractivity contribution in [1.29, 1.82) is 0 Å². The summed E-state index contributed by atoms with van der Waals surface area (Å²) in [6.07, 6.45) is 2.82. The number of rotatable bonds is 0. The Hall–Kier alpha value is -1.69. The highest BCUT2D eigenvalue weighted by molar-refractivity contribution is 5.96. The number of anilines is 1. The molecule has 0 aliphatic carbocycles. The highest BCUT2D eigenvalue weighted by Gasteiger charge is 2.21. The van der Waals surface area contributed by atoms with E-state index in [0.29, 0.717) is 11.6 Å². The van der Waals surface area contributed by atoms with Crippen LogP contribution in [0.1, 0.15) is 0 Å². The third kappa shape index (κ3) is 1.43. The van der Waals surface area contributed by atoms with E-state index in [4.69, 9.17) is 10.5 Å². The van der Waals surface area contributed by atoms with Crippen LogP contribution in [0, 0.1) is 0 Å². The van der Waals surface area contributed by atoms with Crippen LogP contribution in [-0.4, -0.2) is 28.5 Å². The van der Waals surface area contributed by atoms with Crippen LogP contribution in [0.3, 0.4) is 0 Å². The molecule has 1 atom stereocenters. The van der Waals surface area contributed by atoms with E-state index < -0.39 is 6.04 Å². The standard InChI is InChI=1S/C7H8N4O2/c8-4-2-13-7-5(11-6(4)12)1-9-3-10-7/h1,3-4H,2,8H2,(H,11,12)/t4-/m0/s1. The predicted octanol–water partition coefficient (Wildman–Crippen LogP) is -0.865. The zero-order valence-electron chi connectivity index (χ0n) is 6.73. The third-order valence-electron chi connectivity index (χ3n) is 1.67. The summed E-state index contributed by atoms with van der Waals surface area (Å²) in [7, 11) is 0. The Morgan fingerprint density at radius 3 is 3.38 bits per heavy atom. The second kappa shape index (κ2) is 2.98. The number of ether oxygens (including phenoxy) is 1. The Bertz CT molecular complexity index is 341. The quantitative estimate of drug-likeness (QED) is 0.542. The summed E-state index contributed by atoms with van der Waals surface area (Å²) >= 11 is 0.